The molecular weight excluding hydrogens is 250 g/mol. The van der Waals surface area contributed by atoms with Crippen LogP contribution in [0.1, 0.15) is 13.3 Å². The molecule has 0 bridgehead atoms. The number of nitrogens with zero attached hydrogens (tertiary/aromatic N) is 2. The van der Waals surface area contributed by atoms with Gasteiger partial charge in [0.05, 0.1) is 25.4 Å². The standard InChI is InChI=1S/C12H17N3O4/c1-3-15(7-6-11(16)17)12(18)14-9-4-5-10(19-2)13-8-9/h4-5,8H,3,6-7H2,1-2H3,(H,14,18)(H,16,17). The molecule has 0 spiro atoms. The summed E-state index contributed by atoms with van der Waals surface area (Å²) < 4.78 is 4.91. The summed E-state index contributed by atoms with van der Waals surface area (Å²) >= 11 is 0. The Balaban J connectivity index is 2.57. The molecule has 2 N–H and O–H groups in total. The van der Waals surface area contributed by atoms with E-state index in [0.29, 0.717) is 18.1 Å². The number of carboxylic acid groups (broad SMARTS) is 1. The molecule has 0 saturated heterocycles. The van der Waals surface area contributed by atoms with Crippen molar-refractivity contribution in [2.24, 2.45) is 0 Å². The molecule has 0 aliphatic carbocycles. The number of methoxy groups -OCH3 is 1. The number of carbonyl (C=O) groups excluding carboxylic acids is 1. The van der Waals surface area contributed by atoms with Gasteiger partial charge in [-0.2, -0.15) is 0 Å². The minimum atomic E-state index is -0.933. The lowest BCUT2D eigenvalue weighted by molar-refractivity contribution is -0.137. The summed E-state index contributed by atoms with van der Waals surface area (Å²) in [7, 11) is 1.51. The normalized spacial score (nSPS) is 9.79. The van der Waals surface area contributed by atoms with Crippen LogP contribution in [0.2, 0.25) is 0 Å². The summed E-state index contributed by atoms with van der Waals surface area (Å²) in [6.45, 7) is 2.39. The van der Waals surface area contributed by atoms with Gasteiger partial charge in [0.1, 0.15) is 0 Å². The van der Waals surface area contributed by atoms with Crippen molar-refractivity contribution >= 4 is 17.7 Å². The van der Waals surface area contributed by atoms with Gasteiger partial charge in [-0.3, -0.25) is 4.79 Å². The summed E-state index contributed by atoms with van der Waals surface area (Å²) in [5.41, 5.74) is 0.527. The molecule has 0 saturated carbocycles. The van der Waals surface area contributed by atoms with Crippen molar-refractivity contribution in [2.75, 3.05) is 25.5 Å². The van der Waals surface area contributed by atoms with Gasteiger partial charge in [-0.15, -0.1) is 0 Å². The second-order valence-electron chi connectivity index (χ2n) is 3.74. The van der Waals surface area contributed by atoms with Crippen LogP contribution < -0.4 is 10.1 Å². The highest BCUT2D eigenvalue weighted by atomic mass is 16.5. The topological polar surface area (TPSA) is 91.8 Å². The van der Waals surface area contributed by atoms with Crippen molar-refractivity contribution in [2.45, 2.75) is 13.3 Å². The minimum absolute atomic E-state index is 0.0812. The van der Waals surface area contributed by atoms with E-state index in [4.69, 9.17) is 9.84 Å². The highest BCUT2D eigenvalue weighted by Gasteiger charge is 2.13. The van der Waals surface area contributed by atoms with Gasteiger partial charge in [0, 0.05) is 19.2 Å². The third kappa shape index (κ3) is 4.82. The summed E-state index contributed by atoms with van der Waals surface area (Å²) in [6, 6.07) is 2.94. The molecule has 0 aliphatic rings. The maximum atomic E-state index is 11.9. The Morgan fingerprint density at radius 2 is 2.21 bits per heavy atom. The van der Waals surface area contributed by atoms with E-state index in [0.717, 1.165) is 0 Å². The largest absolute Gasteiger partial charge is 0.481 e. The van der Waals surface area contributed by atoms with Crippen molar-refractivity contribution in [3.63, 3.8) is 0 Å². The van der Waals surface area contributed by atoms with Gasteiger partial charge in [-0.25, -0.2) is 9.78 Å². The van der Waals surface area contributed by atoms with E-state index in [-0.39, 0.29) is 19.0 Å². The van der Waals surface area contributed by atoms with Crippen LogP contribution in [-0.4, -0.2) is 47.2 Å². The summed E-state index contributed by atoms with van der Waals surface area (Å²) in [4.78, 5) is 27.7. The Kier molecular flexibility index (Phi) is 5.59. The third-order valence-electron chi connectivity index (χ3n) is 2.46. The lowest BCUT2D eigenvalue weighted by Crippen LogP contribution is -2.36. The molecule has 0 unspecified atom stereocenters. The second-order valence-corrected chi connectivity index (χ2v) is 3.74. The number of carboxylic acids is 1. The fourth-order valence-electron chi connectivity index (χ4n) is 1.41. The lowest BCUT2D eigenvalue weighted by atomic mass is 10.4. The van der Waals surface area contributed by atoms with Crippen LogP contribution in [0.3, 0.4) is 0 Å². The number of amides is 2. The number of hydrogen-bond acceptors (Lipinski definition) is 4. The SMILES string of the molecule is CCN(CCC(=O)O)C(=O)Nc1ccc(OC)nc1. The predicted octanol–water partition coefficient (Wildman–Crippen LogP) is 1.42. The number of ether oxygens (including phenoxy) is 1. The quantitative estimate of drug-likeness (QED) is 0.813. The number of aromatic nitrogens is 1. The van der Waals surface area contributed by atoms with Crippen LogP contribution in [0, 0.1) is 0 Å². The highest BCUT2D eigenvalue weighted by Crippen LogP contribution is 2.11. The van der Waals surface area contributed by atoms with E-state index in [2.05, 4.69) is 10.3 Å². The Bertz CT molecular complexity index is 433. The molecule has 19 heavy (non-hydrogen) atoms. The van der Waals surface area contributed by atoms with Crippen molar-refractivity contribution in [3.8, 4) is 5.88 Å². The zero-order valence-corrected chi connectivity index (χ0v) is 10.9. The number of aliphatic carboxylic acids is 1. The molecule has 7 heteroatoms. The fourth-order valence-corrected chi connectivity index (χ4v) is 1.41. The van der Waals surface area contributed by atoms with Crippen molar-refractivity contribution in [1.29, 1.82) is 0 Å². The minimum Gasteiger partial charge on any atom is -0.481 e. The predicted molar refractivity (Wildman–Crippen MR) is 69.3 cm³/mol. The Hall–Kier alpha value is -2.31. The first kappa shape index (κ1) is 14.7. The molecule has 0 atom stereocenters. The van der Waals surface area contributed by atoms with Crippen LogP contribution in [0.15, 0.2) is 18.3 Å². The van der Waals surface area contributed by atoms with Crippen molar-refractivity contribution < 1.29 is 19.4 Å². The van der Waals surface area contributed by atoms with E-state index >= 15 is 0 Å². The molecule has 2 amide bonds. The number of carbonyl (C=O) groups is 2. The summed E-state index contributed by atoms with van der Waals surface area (Å²) in [5, 5.41) is 11.2. The first-order chi connectivity index (χ1) is 9.06. The summed E-state index contributed by atoms with van der Waals surface area (Å²) in [5.74, 6) is -0.478. The van der Waals surface area contributed by atoms with Crippen LogP contribution in [-0.2, 0) is 4.79 Å². The molecule has 104 valence electrons. The van der Waals surface area contributed by atoms with E-state index < -0.39 is 5.97 Å². The molecule has 1 rings (SSSR count). The number of pyridine rings is 1. The smallest absolute Gasteiger partial charge is 0.321 e. The summed E-state index contributed by atoms with van der Waals surface area (Å²) in [6.07, 6.45) is 1.39. The van der Waals surface area contributed by atoms with Gasteiger partial charge in [0.25, 0.3) is 0 Å². The average Bonchev–Trinajstić information content (AvgIpc) is 2.40. The van der Waals surface area contributed by atoms with Gasteiger partial charge in [0.15, 0.2) is 0 Å². The van der Waals surface area contributed by atoms with E-state index in [1.54, 1.807) is 19.1 Å². The second kappa shape index (κ2) is 7.20. The van der Waals surface area contributed by atoms with Gasteiger partial charge in [-0.05, 0) is 13.0 Å². The molecule has 0 aliphatic heterocycles. The first-order valence-electron chi connectivity index (χ1n) is 5.84. The number of urea groups is 1. The van der Waals surface area contributed by atoms with Crippen LogP contribution in [0.5, 0.6) is 5.88 Å². The maximum Gasteiger partial charge on any atom is 0.321 e. The molecular formula is C12H17N3O4. The van der Waals surface area contributed by atoms with Gasteiger partial charge >= 0.3 is 12.0 Å². The van der Waals surface area contributed by atoms with Crippen LogP contribution >= 0.6 is 0 Å². The molecule has 0 radical (unpaired) electrons. The monoisotopic (exact) mass is 267 g/mol. The third-order valence-corrected chi connectivity index (χ3v) is 2.46. The Labute approximate surface area is 111 Å². The number of hydrogen-bond donors (Lipinski definition) is 2. The van der Waals surface area contributed by atoms with Gasteiger partial charge in [-0.1, -0.05) is 0 Å². The Morgan fingerprint density at radius 3 is 2.68 bits per heavy atom. The number of anilines is 1. The van der Waals surface area contributed by atoms with E-state index in [1.807, 2.05) is 0 Å². The van der Waals surface area contributed by atoms with Crippen molar-refractivity contribution in [3.05, 3.63) is 18.3 Å². The maximum absolute atomic E-state index is 11.9. The van der Waals surface area contributed by atoms with E-state index in [9.17, 15) is 9.59 Å². The molecule has 0 aromatic carbocycles. The zero-order chi connectivity index (χ0) is 14.3. The number of rotatable bonds is 6. The van der Waals surface area contributed by atoms with Gasteiger partial charge < -0.3 is 20.1 Å². The lowest BCUT2D eigenvalue weighted by Gasteiger charge is -2.20. The average molecular weight is 267 g/mol. The molecule has 1 heterocycles. The zero-order valence-electron chi connectivity index (χ0n) is 10.9. The van der Waals surface area contributed by atoms with Crippen molar-refractivity contribution in [1.82, 2.24) is 9.88 Å². The fraction of sp³-hybridized carbons (Fsp3) is 0.417. The molecule has 0 fully saturated rings. The first-order valence-corrected chi connectivity index (χ1v) is 5.84. The van der Waals surface area contributed by atoms with Crippen LogP contribution in [0.25, 0.3) is 0 Å². The van der Waals surface area contributed by atoms with Gasteiger partial charge in [0.2, 0.25) is 5.88 Å². The molecule has 1 aromatic heterocycles. The van der Waals surface area contributed by atoms with Crippen LogP contribution in [0.4, 0.5) is 10.5 Å². The Morgan fingerprint density at radius 1 is 1.47 bits per heavy atom. The van der Waals surface area contributed by atoms with E-state index in [1.165, 1.54) is 18.2 Å². The molecule has 1 aromatic rings. The molecule has 7 nitrogen and oxygen atoms in total. The highest BCUT2D eigenvalue weighted by molar-refractivity contribution is 5.89. The number of nitrogens with one attached hydrogen (secondary N) is 1.